The molecule has 1 aliphatic rings. The third-order valence-electron chi connectivity index (χ3n) is 6.32. The number of aromatic amines is 1. The number of benzene rings is 1. The van der Waals surface area contributed by atoms with Crippen LogP contribution in [-0.2, 0) is 4.79 Å². The van der Waals surface area contributed by atoms with Gasteiger partial charge in [0.25, 0.3) is 11.8 Å². The van der Waals surface area contributed by atoms with Gasteiger partial charge in [-0.05, 0) is 57.6 Å². The number of thiazole rings is 1. The Balaban J connectivity index is 1.61. The van der Waals surface area contributed by atoms with Crippen LogP contribution < -0.4 is 10.6 Å². The minimum absolute atomic E-state index is 0.0967. The van der Waals surface area contributed by atoms with Gasteiger partial charge >= 0.3 is 0 Å². The number of rotatable bonds is 8. The average Bonchev–Trinajstić information content (AvgIpc) is 3.46. The number of hydrogen-bond acceptors (Lipinski definition) is 5. The second kappa shape index (κ2) is 9.95. The maximum absolute atomic E-state index is 12.9. The van der Waals surface area contributed by atoms with Crippen LogP contribution in [-0.4, -0.2) is 52.9 Å². The summed E-state index contributed by atoms with van der Waals surface area (Å²) in [6.07, 6.45) is 1.84. The maximum Gasteiger partial charge on any atom is 0.256 e. The summed E-state index contributed by atoms with van der Waals surface area (Å²) in [6.45, 7) is 13.3. The van der Waals surface area contributed by atoms with Crippen molar-refractivity contribution in [3.05, 3.63) is 56.7 Å². The lowest BCUT2D eigenvalue weighted by Gasteiger charge is -2.18. The lowest BCUT2D eigenvalue weighted by molar-refractivity contribution is -0.110. The monoisotopic (exact) mass is 477 g/mol. The van der Waals surface area contributed by atoms with Crippen molar-refractivity contribution in [1.29, 1.82) is 0 Å². The van der Waals surface area contributed by atoms with Gasteiger partial charge in [-0.1, -0.05) is 19.9 Å². The molecule has 0 atom stereocenters. The van der Waals surface area contributed by atoms with Gasteiger partial charge in [0.1, 0.15) is 0 Å². The van der Waals surface area contributed by atoms with E-state index in [0.717, 1.165) is 64.1 Å². The number of H-pyrrole nitrogens is 1. The van der Waals surface area contributed by atoms with Gasteiger partial charge in [-0.2, -0.15) is 0 Å². The molecule has 8 heteroatoms. The molecule has 34 heavy (non-hydrogen) atoms. The van der Waals surface area contributed by atoms with Crippen molar-refractivity contribution in [2.24, 2.45) is 0 Å². The highest BCUT2D eigenvalue weighted by molar-refractivity contribution is 7.09. The number of amides is 2. The van der Waals surface area contributed by atoms with Crippen LogP contribution in [0.1, 0.15) is 51.7 Å². The molecule has 0 unspecified atom stereocenters. The minimum Gasteiger partial charge on any atom is -0.358 e. The van der Waals surface area contributed by atoms with Gasteiger partial charge in [0.05, 0.1) is 21.8 Å². The summed E-state index contributed by atoms with van der Waals surface area (Å²) >= 11 is 1.60. The van der Waals surface area contributed by atoms with Crippen molar-refractivity contribution < 1.29 is 9.59 Å². The third kappa shape index (κ3) is 4.69. The Morgan fingerprint density at radius 1 is 1.21 bits per heavy atom. The van der Waals surface area contributed by atoms with Crippen molar-refractivity contribution in [2.45, 2.75) is 34.6 Å². The second-order valence-corrected chi connectivity index (χ2v) is 9.53. The highest BCUT2D eigenvalue weighted by Gasteiger charge is 2.26. The Hall–Kier alpha value is -3.23. The van der Waals surface area contributed by atoms with E-state index in [2.05, 4.69) is 39.3 Å². The van der Waals surface area contributed by atoms with E-state index in [1.165, 1.54) is 0 Å². The molecular weight excluding hydrogens is 446 g/mol. The number of aromatic nitrogens is 2. The molecule has 1 aliphatic heterocycles. The van der Waals surface area contributed by atoms with Crippen molar-refractivity contribution in [1.82, 2.24) is 20.2 Å². The third-order valence-corrected chi connectivity index (χ3v) is 7.09. The van der Waals surface area contributed by atoms with Crippen molar-refractivity contribution in [3.63, 3.8) is 0 Å². The van der Waals surface area contributed by atoms with Crippen molar-refractivity contribution in [3.8, 4) is 11.3 Å². The fourth-order valence-electron chi connectivity index (χ4n) is 4.35. The van der Waals surface area contributed by atoms with Gasteiger partial charge in [-0.15, -0.1) is 11.3 Å². The molecule has 3 N–H and O–H groups in total. The quantitative estimate of drug-likeness (QED) is 0.413. The first kappa shape index (κ1) is 23.9. The zero-order chi connectivity index (χ0) is 24.4. The fourth-order valence-corrected chi connectivity index (χ4v) is 4.97. The van der Waals surface area contributed by atoms with Crippen LogP contribution in [0.15, 0.2) is 23.6 Å². The molecular formula is C26H31N5O2S. The molecule has 2 amide bonds. The smallest absolute Gasteiger partial charge is 0.256 e. The normalized spacial score (nSPS) is 14.1. The topological polar surface area (TPSA) is 90.1 Å². The second-order valence-electron chi connectivity index (χ2n) is 8.47. The molecule has 0 bridgehead atoms. The van der Waals surface area contributed by atoms with Gasteiger partial charge in [0, 0.05) is 46.7 Å². The molecule has 178 valence electrons. The number of likely N-dealkylation sites (N-methyl/N-ethyl adjacent to an activating group) is 1. The molecule has 3 aromatic rings. The lowest BCUT2D eigenvalue weighted by Crippen LogP contribution is -2.35. The summed E-state index contributed by atoms with van der Waals surface area (Å²) < 4.78 is 0. The maximum atomic E-state index is 12.9. The number of carbonyl (C=O) groups is 2. The Kier molecular flexibility index (Phi) is 7.00. The lowest BCUT2D eigenvalue weighted by atomic mass is 10.0. The molecule has 7 nitrogen and oxygen atoms in total. The van der Waals surface area contributed by atoms with Crippen LogP contribution in [0.5, 0.6) is 0 Å². The molecule has 2 aromatic heterocycles. The van der Waals surface area contributed by atoms with Crippen LogP contribution in [0.25, 0.3) is 22.9 Å². The van der Waals surface area contributed by atoms with E-state index < -0.39 is 0 Å². The van der Waals surface area contributed by atoms with Crippen LogP contribution in [0.2, 0.25) is 0 Å². The Bertz CT molecular complexity index is 1270. The van der Waals surface area contributed by atoms with Crippen molar-refractivity contribution in [2.75, 3.05) is 31.5 Å². The van der Waals surface area contributed by atoms with Gasteiger partial charge in [0.2, 0.25) is 0 Å². The predicted octanol–water partition coefficient (Wildman–Crippen LogP) is 4.63. The van der Waals surface area contributed by atoms with Gasteiger partial charge in [-0.3, -0.25) is 9.59 Å². The average molecular weight is 478 g/mol. The number of carbonyl (C=O) groups excluding carboxylic acids is 2. The molecule has 4 rings (SSSR count). The summed E-state index contributed by atoms with van der Waals surface area (Å²) in [5, 5.41) is 9.00. The summed E-state index contributed by atoms with van der Waals surface area (Å²) in [5.74, 6) is -0.251. The van der Waals surface area contributed by atoms with E-state index in [1.54, 1.807) is 11.3 Å². The van der Waals surface area contributed by atoms with Crippen LogP contribution in [0.4, 0.5) is 5.69 Å². The SMILES string of the molecule is CCN(CC)CCNC(=O)c1c(C)[nH]c(/C=C2\C(=O)Nc3ccc(-c4csc(C)n4)cc32)c1C. The minimum atomic E-state index is -0.154. The standard InChI is InChI=1S/C26H31N5O2S/c1-6-31(7-2)11-10-27-26(33)24-15(3)22(28-16(24)4)13-20-19-12-18(23-14-34-17(5)29-23)8-9-21(19)30-25(20)32/h8-9,12-14,28H,6-7,10-11H2,1-5H3,(H,27,33)(H,30,32)/b20-13-. The van der Waals surface area contributed by atoms with E-state index in [9.17, 15) is 9.59 Å². The number of nitrogens with zero attached hydrogens (tertiary/aromatic N) is 2. The Labute approximate surface area is 204 Å². The zero-order valence-corrected chi connectivity index (χ0v) is 21.2. The number of aryl methyl sites for hydroxylation is 2. The van der Waals surface area contributed by atoms with E-state index in [4.69, 9.17) is 0 Å². The summed E-state index contributed by atoms with van der Waals surface area (Å²) in [4.78, 5) is 35.8. The van der Waals surface area contributed by atoms with E-state index in [-0.39, 0.29) is 11.8 Å². The number of nitrogens with one attached hydrogen (secondary N) is 3. The van der Waals surface area contributed by atoms with Crippen LogP contribution >= 0.6 is 11.3 Å². The molecule has 1 aromatic carbocycles. The summed E-state index contributed by atoms with van der Waals surface area (Å²) in [6, 6.07) is 5.89. The molecule has 3 heterocycles. The molecule has 0 fully saturated rings. The first-order valence-electron chi connectivity index (χ1n) is 11.6. The van der Waals surface area contributed by atoms with E-state index in [1.807, 2.05) is 50.4 Å². The van der Waals surface area contributed by atoms with Gasteiger partial charge in [0.15, 0.2) is 0 Å². The Morgan fingerprint density at radius 3 is 2.65 bits per heavy atom. The van der Waals surface area contributed by atoms with E-state index >= 15 is 0 Å². The molecule has 0 saturated carbocycles. The zero-order valence-electron chi connectivity index (χ0n) is 20.3. The number of anilines is 1. The van der Waals surface area contributed by atoms with Crippen LogP contribution in [0.3, 0.4) is 0 Å². The predicted molar refractivity (Wildman–Crippen MR) is 139 cm³/mol. The summed E-state index contributed by atoms with van der Waals surface area (Å²) in [7, 11) is 0. The van der Waals surface area contributed by atoms with E-state index in [0.29, 0.717) is 17.7 Å². The Morgan fingerprint density at radius 2 is 1.97 bits per heavy atom. The first-order valence-corrected chi connectivity index (χ1v) is 12.5. The highest BCUT2D eigenvalue weighted by atomic mass is 32.1. The summed E-state index contributed by atoms with van der Waals surface area (Å²) in [5.41, 5.74) is 7.08. The van der Waals surface area contributed by atoms with Crippen molar-refractivity contribution >= 4 is 40.5 Å². The highest BCUT2D eigenvalue weighted by Crippen LogP contribution is 2.37. The molecule has 0 radical (unpaired) electrons. The van der Waals surface area contributed by atoms with Gasteiger partial charge in [-0.25, -0.2) is 4.98 Å². The molecule has 0 saturated heterocycles. The fraction of sp³-hybridized carbons (Fsp3) is 0.346. The first-order chi connectivity index (χ1) is 16.3. The van der Waals surface area contributed by atoms with Crippen LogP contribution in [0, 0.1) is 20.8 Å². The molecule has 0 aliphatic carbocycles. The van der Waals surface area contributed by atoms with Gasteiger partial charge < -0.3 is 20.5 Å². The number of fused-ring (bicyclic) bond motifs is 1. The number of hydrogen-bond donors (Lipinski definition) is 3. The largest absolute Gasteiger partial charge is 0.358 e. The molecule has 0 spiro atoms.